The molecule has 0 aromatic carbocycles. The maximum absolute atomic E-state index is 11.6. The molecule has 0 unspecified atom stereocenters. The highest BCUT2D eigenvalue weighted by molar-refractivity contribution is 7.49. The summed E-state index contributed by atoms with van der Waals surface area (Å²) in [7, 11) is -3.80. The third kappa shape index (κ3) is 5.70. The van der Waals surface area contributed by atoms with E-state index in [1.165, 1.54) is 12.2 Å². The van der Waals surface area contributed by atoms with Crippen molar-refractivity contribution in [3.63, 3.8) is 0 Å². The van der Waals surface area contributed by atoms with Gasteiger partial charge in [-0.2, -0.15) is 0 Å². The first-order valence-corrected chi connectivity index (χ1v) is 5.31. The molecule has 14 heavy (non-hydrogen) atoms. The van der Waals surface area contributed by atoms with Crippen LogP contribution in [0.5, 0.6) is 0 Å². The Hall–Kier alpha value is -0.900. The van der Waals surface area contributed by atoms with Crippen LogP contribution in [0.25, 0.3) is 0 Å². The molecule has 0 aliphatic carbocycles. The Morgan fingerprint density at radius 2 is 1.71 bits per heavy atom. The summed E-state index contributed by atoms with van der Waals surface area (Å²) in [4.78, 5) is 10.6. The van der Waals surface area contributed by atoms with Gasteiger partial charge >= 0.3 is 13.8 Å². The Bertz CT molecular complexity index is 244. The number of hydrogen-bond donors (Lipinski definition) is 0. The molecule has 0 aromatic rings. The standard InChI is InChI=1S/C8H13O5P/c1-4-6-11-14(10,12-7-5-2)13-8(3)9/h4-5H,1-2,6-7H2,3H3. The molecular formula is C8H13O5P. The first-order valence-electron chi connectivity index (χ1n) is 3.85. The largest absolute Gasteiger partial charge is 0.532 e. The lowest BCUT2D eigenvalue weighted by atomic mass is 10.7. The molecule has 0 atom stereocenters. The average Bonchev–Trinajstić information content (AvgIpc) is 2.11. The first-order chi connectivity index (χ1) is 6.54. The molecule has 0 saturated heterocycles. The maximum atomic E-state index is 11.6. The Morgan fingerprint density at radius 1 is 1.29 bits per heavy atom. The van der Waals surface area contributed by atoms with Gasteiger partial charge in [0.2, 0.25) is 0 Å². The Balaban J connectivity index is 4.31. The third-order valence-corrected chi connectivity index (χ3v) is 2.35. The summed E-state index contributed by atoms with van der Waals surface area (Å²) >= 11 is 0. The van der Waals surface area contributed by atoms with Crippen molar-refractivity contribution in [2.75, 3.05) is 13.2 Å². The normalized spacial score (nSPS) is 10.6. The Labute approximate surface area is 83.0 Å². The molecule has 0 radical (unpaired) electrons. The van der Waals surface area contributed by atoms with Gasteiger partial charge in [-0.1, -0.05) is 12.2 Å². The molecule has 0 heterocycles. The van der Waals surface area contributed by atoms with Crippen LogP contribution in [-0.2, 0) is 22.9 Å². The second kappa shape index (κ2) is 6.54. The van der Waals surface area contributed by atoms with E-state index >= 15 is 0 Å². The number of carbonyl (C=O) groups is 1. The first kappa shape index (κ1) is 13.1. The summed E-state index contributed by atoms with van der Waals surface area (Å²) in [6.45, 7) is 7.78. The molecular weight excluding hydrogens is 207 g/mol. The Morgan fingerprint density at radius 3 is 2.00 bits per heavy atom. The van der Waals surface area contributed by atoms with E-state index in [4.69, 9.17) is 9.05 Å². The lowest BCUT2D eigenvalue weighted by Gasteiger charge is -2.14. The van der Waals surface area contributed by atoms with Crippen LogP contribution in [0, 0.1) is 0 Å². The van der Waals surface area contributed by atoms with E-state index in [1.54, 1.807) is 0 Å². The molecule has 0 N–H and O–H groups in total. The molecule has 0 rings (SSSR count). The van der Waals surface area contributed by atoms with E-state index in [-0.39, 0.29) is 13.2 Å². The second-order valence-corrected chi connectivity index (χ2v) is 3.79. The number of phosphoric acid groups is 1. The summed E-state index contributed by atoms with van der Waals surface area (Å²) in [6.07, 6.45) is 2.74. The van der Waals surface area contributed by atoms with E-state index in [2.05, 4.69) is 17.7 Å². The van der Waals surface area contributed by atoms with Gasteiger partial charge in [-0.25, -0.2) is 4.57 Å². The summed E-state index contributed by atoms with van der Waals surface area (Å²) < 4.78 is 25.4. The van der Waals surface area contributed by atoms with Gasteiger partial charge in [0.25, 0.3) is 0 Å². The fourth-order valence-electron chi connectivity index (χ4n) is 0.535. The van der Waals surface area contributed by atoms with E-state index in [0.717, 1.165) is 6.92 Å². The van der Waals surface area contributed by atoms with Gasteiger partial charge in [0.05, 0.1) is 13.2 Å². The van der Waals surface area contributed by atoms with Gasteiger partial charge in [0.15, 0.2) is 0 Å². The minimum atomic E-state index is -3.80. The van der Waals surface area contributed by atoms with Crippen molar-refractivity contribution in [3.05, 3.63) is 25.3 Å². The van der Waals surface area contributed by atoms with Gasteiger partial charge in [-0.05, 0) is 0 Å². The fourth-order valence-corrected chi connectivity index (χ4v) is 1.61. The van der Waals surface area contributed by atoms with Gasteiger partial charge in [-0.15, -0.1) is 13.2 Å². The Kier molecular flexibility index (Phi) is 6.12. The van der Waals surface area contributed by atoms with Crippen LogP contribution in [0.4, 0.5) is 0 Å². The van der Waals surface area contributed by atoms with E-state index in [0.29, 0.717) is 0 Å². The molecule has 0 bridgehead atoms. The molecule has 0 aliphatic rings. The molecule has 0 fully saturated rings. The zero-order chi connectivity index (χ0) is 11.0. The van der Waals surface area contributed by atoms with Crippen molar-refractivity contribution in [1.29, 1.82) is 0 Å². The number of phosphoric ester groups is 1. The van der Waals surface area contributed by atoms with Crippen LogP contribution in [0.15, 0.2) is 25.3 Å². The fraction of sp³-hybridized carbons (Fsp3) is 0.375. The van der Waals surface area contributed by atoms with Crippen molar-refractivity contribution in [1.82, 2.24) is 0 Å². The topological polar surface area (TPSA) is 61.8 Å². The highest BCUT2D eigenvalue weighted by Gasteiger charge is 2.28. The van der Waals surface area contributed by atoms with Crippen LogP contribution in [0.3, 0.4) is 0 Å². The quantitative estimate of drug-likeness (QED) is 0.485. The molecule has 0 spiro atoms. The third-order valence-electron chi connectivity index (χ3n) is 0.941. The highest BCUT2D eigenvalue weighted by Crippen LogP contribution is 2.49. The summed E-state index contributed by atoms with van der Waals surface area (Å²) in [5.74, 6) is -0.735. The zero-order valence-corrected chi connectivity index (χ0v) is 8.87. The monoisotopic (exact) mass is 220 g/mol. The number of rotatable bonds is 7. The average molecular weight is 220 g/mol. The molecule has 0 amide bonds. The van der Waals surface area contributed by atoms with Gasteiger partial charge in [-0.3, -0.25) is 13.8 Å². The highest BCUT2D eigenvalue weighted by atomic mass is 31.2. The lowest BCUT2D eigenvalue weighted by Crippen LogP contribution is -2.04. The van der Waals surface area contributed by atoms with Crippen LogP contribution in [0.2, 0.25) is 0 Å². The van der Waals surface area contributed by atoms with E-state index in [9.17, 15) is 9.36 Å². The number of hydrogen-bond acceptors (Lipinski definition) is 5. The van der Waals surface area contributed by atoms with Gasteiger partial charge < -0.3 is 4.52 Å². The molecule has 5 nitrogen and oxygen atoms in total. The molecule has 6 heteroatoms. The van der Waals surface area contributed by atoms with Crippen molar-refractivity contribution in [3.8, 4) is 0 Å². The van der Waals surface area contributed by atoms with E-state index < -0.39 is 13.8 Å². The van der Waals surface area contributed by atoms with E-state index in [1.807, 2.05) is 0 Å². The van der Waals surface area contributed by atoms with Crippen LogP contribution < -0.4 is 0 Å². The molecule has 80 valence electrons. The maximum Gasteiger partial charge on any atom is 0.532 e. The van der Waals surface area contributed by atoms with Crippen LogP contribution in [0.1, 0.15) is 6.92 Å². The van der Waals surface area contributed by atoms with Crippen LogP contribution >= 0.6 is 7.82 Å². The zero-order valence-electron chi connectivity index (χ0n) is 7.97. The van der Waals surface area contributed by atoms with Crippen molar-refractivity contribution >= 4 is 13.8 Å². The van der Waals surface area contributed by atoms with Crippen molar-refractivity contribution < 1.29 is 22.9 Å². The predicted molar refractivity (Wildman–Crippen MR) is 51.7 cm³/mol. The SMILES string of the molecule is C=CCOP(=O)(OCC=C)OC(C)=O. The summed E-state index contributed by atoms with van der Waals surface area (Å²) in [5, 5.41) is 0. The molecule has 0 aliphatic heterocycles. The minimum Gasteiger partial charge on any atom is -0.371 e. The lowest BCUT2D eigenvalue weighted by molar-refractivity contribution is -0.133. The van der Waals surface area contributed by atoms with Crippen molar-refractivity contribution in [2.45, 2.75) is 6.92 Å². The van der Waals surface area contributed by atoms with Crippen LogP contribution in [-0.4, -0.2) is 19.2 Å². The summed E-state index contributed by atoms with van der Waals surface area (Å²) in [5.41, 5.74) is 0. The second-order valence-electron chi connectivity index (χ2n) is 2.20. The molecule has 0 aromatic heterocycles. The minimum absolute atomic E-state index is 0.0261. The smallest absolute Gasteiger partial charge is 0.371 e. The van der Waals surface area contributed by atoms with Gasteiger partial charge in [0.1, 0.15) is 0 Å². The number of carbonyl (C=O) groups excluding carboxylic acids is 1. The summed E-state index contributed by atoms with van der Waals surface area (Å²) in [6, 6.07) is 0. The molecule has 0 saturated carbocycles. The van der Waals surface area contributed by atoms with Gasteiger partial charge in [0, 0.05) is 6.92 Å². The predicted octanol–water partition coefficient (Wildman–Crippen LogP) is 2.06. The van der Waals surface area contributed by atoms with Crippen molar-refractivity contribution in [2.24, 2.45) is 0 Å².